The predicted octanol–water partition coefficient (Wildman–Crippen LogP) is 1.84. The molecule has 0 aliphatic carbocycles. The Labute approximate surface area is 92.1 Å². The van der Waals surface area contributed by atoms with Crippen molar-refractivity contribution in [2.75, 3.05) is 19.6 Å². The van der Waals surface area contributed by atoms with Gasteiger partial charge in [-0.3, -0.25) is 4.90 Å². The van der Waals surface area contributed by atoms with Gasteiger partial charge in [-0.25, -0.2) is 4.79 Å². The van der Waals surface area contributed by atoms with Gasteiger partial charge in [0.05, 0.1) is 0 Å². The lowest BCUT2D eigenvalue weighted by Crippen LogP contribution is -2.38. The Bertz CT molecular complexity index is 220. The van der Waals surface area contributed by atoms with Gasteiger partial charge in [0, 0.05) is 12.6 Å². The fourth-order valence-corrected chi connectivity index (χ4v) is 1.89. The summed E-state index contributed by atoms with van der Waals surface area (Å²) >= 11 is 0. The number of carbonyl (C=O) groups is 1. The van der Waals surface area contributed by atoms with Crippen LogP contribution in [-0.4, -0.2) is 36.6 Å². The second-order valence-electron chi connectivity index (χ2n) is 4.43. The van der Waals surface area contributed by atoms with E-state index in [-0.39, 0.29) is 12.1 Å². The van der Waals surface area contributed by atoms with Gasteiger partial charge in [0.25, 0.3) is 0 Å². The van der Waals surface area contributed by atoms with Gasteiger partial charge in [-0.2, -0.15) is 0 Å². The maximum atomic E-state index is 11.0. The van der Waals surface area contributed by atoms with Crippen molar-refractivity contribution in [1.29, 1.82) is 0 Å². The average molecular weight is 211 g/mol. The van der Waals surface area contributed by atoms with Crippen LogP contribution < -0.4 is 0 Å². The topological polar surface area (TPSA) is 29.5 Å². The molecule has 0 amide bonds. The summed E-state index contributed by atoms with van der Waals surface area (Å²) in [7, 11) is 0. The summed E-state index contributed by atoms with van der Waals surface area (Å²) in [6, 6.07) is 0. The Balaban J connectivity index is 2.23. The van der Waals surface area contributed by atoms with Crippen molar-refractivity contribution in [1.82, 2.24) is 4.90 Å². The van der Waals surface area contributed by atoms with Gasteiger partial charge in [0.1, 0.15) is 6.10 Å². The van der Waals surface area contributed by atoms with Gasteiger partial charge >= 0.3 is 5.97 Å². The molecule has 0 saturated carbocycles. The molecule has 1 heterocycles. The van der Waals surface area contributed by atoms with Gasteiger partial charge in [0.2, 0.25) is 0 Å². The molecule has 0 radical (unpaired) electrons. The molecule has 1 atom stereocenters. The monoisotopic (exact) mass is 211 g/mol. The highest BCUT2D eigenvalue weighted by Crippen LogP contribution is 2.16. The van der Waals surface area contributed by atoms with E-state index in [1.165, 1.54) is 18.9 Å². The van der Waals surface area contributed by atoms with Gasteiger partial charge in [-0.05, 0) is 38.8 Å². The molecule has 0 aromatic heterocycles. The third-order valence-electron chi connectivity index (χ3n) is 2.88. The summed E-state index contributed by atoms with van der Waals surface area (Å²) in [5.74, 6) is 0.514. The summed E-state index contributed by atoms with van der Waals surface area (Å²) in [6.45, 7) is 10.7. The van der Waals surface area contributed by atoms with Crippen LogP contribution in [0.3, 0.4) is 0 Å². The quantitative estimate of drug-likeness (QED) is 0.525. The predicted molar refractivity (Wildman–Crippen MR) is 60.6 cm³/mol. The van der Waals surface area contributed by atoms with E-state index in [2.05, 4.69) is 18.4 Å². The third kappa shape index (κ3) is 4.47. The lowest BCUT2D eigenvalue weighted by Gasteiger charge is -2.31. The van der Waals surface area contributed by atoms with Gasteiger partial charge < -0.3 is 4.74 Å². The number of ether oxygens (including phenoxy) is 1. The van der Waals surface area contributed by atoms with Crippen LogP contribution in [0.4, 0.5) is 0 Å². The van der Waals surface area contributed by atoms with Crippen LogP contribution in [0.5, 0.6) is 0 Å². The van der Waals surface area contributed by atoms with Crippen molar-refractivity contribution in [3.05, 3.63) is 12.7 Å². The van der Waals surface area contributed by atoms with E-state index in [0.29, 0.717) is 0 Å². The number of likely N-dealkylation sites (tertiary alicyclic amines) is 1. The summed E-state index contributed by atoms with van der Waals surface area (Å²) in [5, 5.41) is 0. The number of nitrogens with zero attached hydrogens (tertiary/aromatic N) is 1. The van der Waals surface area contributed by atoms with Crippen molar-refractivity contribution in [3.8, 4) is 0 Å². The zero-order valence-corrected chi connectivity index (χ0v) is 9.74. The normalized spacial score (nSPS) is 20.9. The highest BCUT2D eigenvalue weighted by Gasteiger charge is 2.18. The Morgan fingerprint density at radius 3 is 2.73 bits per heavy atom. The van der Waals surface area contributed by atoms with Gasteiger partial charge in [0.15, 0.2) is 0 Å². The van der Waals surface area contributed by atoms with E-state index in [1.54, 1.807) is 0 Å². The molecule has 0 aromatic carbocycles. The molecule has 0 bridgehead atoms. The smallest absolute Gasteiger partial charge is 0.330 e. The lowest BCUT2D eigenvalue weighted by atomic mass is 9.99. The summed E-state index contributed by atoms with van der Waals surface area (Å²) in [6.07, 6.45) is 3.68. The van der Waals surface area contributed by atoms with Crippen LogP contribution in [0.1, 0.15) is 26.7 Å². The highest BCUT2D eigenvalue weighted by molar-refractivity contribution is 5.81. The summed E-state index contributed by atoms with van der Waals surface area (Å²) < 4.78 is 5.13. The average Bonchev–Trinajstić information content (AvgIpc) is 2.21. The summed E-state index contributed by atoms with van der Waals surface area (Å²) in [5.41, 5.74) is 0. The minimum absolute atomic E-state index is 0.0380. The van der Waals surface area contributed by atoms with E-state index >= 15 is 0 Å². The Kier molecular flexibility index (Phi) is 4.82. The number of rotatable bonds is 4. The first kappa shape index (κ1) is 12.2. The molecule has 1 saturated heterocycles. The van der Waals surface area contributed by atoms with E-state index in [1.807, 2.05) is 6.92 Å². The minimum atomic E-state index is -0.326. The standard InChI is InChI=1S/C12H21NO2/c1-4-12(14)15-11(3)9-13-7-5-10(2)6-8-13/h4,10-11H,1,5-9H2,2-3H3. The Morgan fingerprint density at radius 2 is 2.20 bits per heavy atom. The van der Waals surface area contributed by atoms with Crippen LogP contribution in [0.15, 0.2) is 12.7 Å². The molecule has 3 nitrogen and oxygen atoms in total. The van der Waals surface area contributed by atoms with E-state index in [0.717, 1.165) is 25.6 Å². The zero-order chi connectivity index (χ0) is 11.3. The second-order valence-corrected chi connectivity index (χ2v) is 4.43. The fourth-order valence-electron chi connectivity index (χ4n) is 1.89. The second kappa shape index (κ2) is 5.91. The zero-order valence-electron chi connectivity index (χ0n) is 9.74. The van der Waals surface area contributed by atoms with Crippen LogP contribution in [-0.2, 0) is 9.53 Å². The van der Waals surface area contributed by atoms with E-state index in [9.17, 15) is 4.79 Å². The fraction of sp³-hybridized carbons (Fsp3) is 0.750. The van der Waals surface area contributed by atoms with E-state index in [4.69, 9.17) is 4.74 Å². The molecular formula is C12H21NO2. The van der Waals surface area contributed by atoms with Crippen LogP contribution in [0.2, 0.25) is 0 Å². The van der Waals surface area contributed by atoms with Gasteiger partial charge in [-0.15, -0.1) is 0 Å². The molecule has 0 N–H and O–H groups in total. The molecular weight excluding hydrogens is 190 g/mol. The third-order valence-corrected chi connectivity index (χ3v) is 2.88. The maximum Gasteiger partial charge on any atom is 0.330 e. The first-order valence-electron chi connectivity index (χ1n) is 5.67. The number of hydrogen-bond donors (Lipinski definition) is 0. The Morgan fingerprint density at radius 1 is 1.60 bits per heavy atom. The number of carbonyl (C=O) groups excluding carboxylic acids is 1. The van der Waals surface area contributed by atoms with E-state index < -0.39 is 0 Å². The molecule has 1 aliphatic rings. The summed E-state index contributed by atoms with van der Waals surface area (Å²) in [4.78, 5) is 13.3. The molecule has 1 fully saturated rings. The molecule has 15 heavy (non-hydrogen) atoms. The molecule has 1 aliphatic heterocycles. The van der Waals surface area contributed by atoms with Crippen molar-refractivity contribution < 1.29 is 9.53 Å². The van der Waals surface area contributed by atoms with Crippen LogP contribution in [0.25, 0.3) is 0 Å². The number of piperidine rings is 1. The van der Waals surface area contributed by atoms with Crippen molar-refractivity contribution in [2.45, 2.75) is 32.8 Å². The highest BCUT2D eigenvalue weighted by atomic mass is 16.5. The van der Waals surface area contributed by atoms with Crippen molar-refractivity contribution >= 4 is 5.97 Å². The number of hydrogen-bond acceptors (Lipinski definition) is 3. The van der Waals surface area contributed by atoms with Crippen LogP contribution in [0, 0.1) is 5.92 Å². The van der Waals surface area contributed by atoms with Crippen molar-refractivity contribution in [3.63, 3.8) is 0 Å². The first-order chi connectivity index (χ1) is 7.11. The Hall–Kier alpha value is -0.830. The largest absolute Gasteiger partial charge is 0.458 e. The SMILES string of the molecule is C=CC(=O)OC(C)CN1CCC(C)CC1. The first-order valence-corrected chi connectivity index (χ1v) is 5.67. The number of esters is 1. The molecule has 1 rings (SSSR count). The molecule has 1 unspecified atom stereocenters. The van der Waals surface area contributed by atoms with Crippen molar-refractivity contribution in [2.24, 2.45) is 5.92 Å². The van der Waals surface area contributed by atoms with Gasteiger partial charge in [-0.1, -0.05) is 13.5 Å². The lowest BCUT2D eigenvalue weighted by molar-refractivity contribution is -0.143. The molecule has 86 valence electrons. The molecule has 0 aromatic rings. The maximum absolute atomic E-state index is 11.0. The van der Waals surface area contributed by atoms with Crippen LogP contribution >= 0.6 is 0 Å². The molecule has 0 spiro atoms. The molecule has 3 heteroatoms. The minimum Gasteiger partial charge on any atom is -0.458 e.